The third kappa shape index (κ3) is 1.82. The van der Waals surface area contributed by atoms with Gasteiger partial charge in [-0.25, -0.2) is 8.78 Å². The van der Waals surface area contributed by atoms with Crippen LogP contribution in [-0.4, -0.2) is 23.9 Å². The molecule has 0 bridgehead atoms. The van der Waals surface area contributed by atoms with Crippen molar-refractivity contribution in [3.8, 4) is 0 Å². The van der Waals surface area contributed by atoms with Gasteiger partial charge < -0.3 is 0 Å². The highest BCUT2D eigenvalue weighted by Gasteiger charge is 2.75. The van der Waals surface area contributed by atoms with Crippen LogP contribution < -0.4 is 0 Å². The summed E-state index contributed by atoms with van der Waals surface area (Å²) >= 11 is 0. The second-order valence-corrected chi connectivity index (χ2v) is 6.68. The summed E-state index contributed by atoms with van der Waals surface area (Å²) < 4.78 is 26.2. The minimum Gasteiger partial charge on any atom is -0.297 e. The maximum Gasteiger partial charge on any atom is 0.257 e. The summed E-state index contributed by atoms with van der Waals surface area (Å²) in [6, 6.07) is 8.79. The van der Waals surface area contributed by atoms with Gasteiger partial charge in [0.1, 0.15) is 0 Å². The van der Waals surface area contributed by atoms with Crippen molar-refractivity contribution < 1.29 is 8.78 Å². The smallest absolute Gasteiger partial charge is 0.257 e. The van der Waals surface area contributed by atoms with Crippen LogP contribution in [0.25, 0.3) is 0 Å². The molecule has 1 saturated heterocycles. The highest BCUT2D eigenvalue weighted by Crippen LogP contribution is 2.65. The molecule has 0 N–H and O–H groups in total. The van der Waals surface area contributed by atoms with Gasteiger partial charge in [0.15, 0.2) is 0 Å². The predicted molar refractivity (Wildman–Crippen MR) is 70.3 cm³/mol. The van der Waals surface area contributed by atoms with Crippen molar-refractivity contribution in [2.45, 2.75) is 44.1 Å². The number of hydrogen-bond acceptors (Lipinski definition) is 1. The zero-order chi connectivity index (χ0) is 13.1. The third-order valence-corrected chi connectivity index (χ3v) is 5.23. The number of alkyl halides is 2. The second kappa shape index (κ2) is 3.78. The molecule has 0 radical (unpaired) electrons. The van der Waals surface area contributed by atoms with E-state index in [-0.39, 0.29) is 6.42 Å². The van der Waals surface area contributed by atoms with E-state index in [1.807, 2.05) is 0 Å². The van der Waals surface area contributed by atoms with Gasteiger partial charge in [-0.2, -0.15) is 0 Å². The lowest BCUT2D eigenvalue weighted by Gasteiger charge is -2.40. The van der Waals surface area contributed by atoms with Crippen molar-refractivity contribution in [3.05, 3.63) is 35.4 Å². The van der Waals surface area contributed by atoms with Gasteiger partial charge in [0.2, 0.25) is 0 Å². The van der Waals surface area contributed by atoms with Crippen LogP contribution in [-0.2, 0) is 6.54 Å². The maximum atomic E-state index is 13.1. The summed E-state index contributed by atoms with van der Waals surface area (Å²) in [6.07, 6.45) is 4.11. The summed E-state index contributed by atoms with van der Waals surface area (Å²) in [5.41, 5.74) is 2.06. The van der Waals surface area contributed by atoms with Crippen molar-refractivity contribution in [2.75, 3.05) is 13.1 Å². The van der Waals surface area contributed by atoms with Gasteiger partial charge in [-0.15, -0.1) is 0 Å². The van der Waals surface area contributed by atoms with Crippen LogP contribution in [0.1, 0.15) is 42.7 Å². The molecule has 1 aromatic rings. The molecule has 3 aliphatic rings. The van der Waals surface area contributed by atoms with Crippen LogP contribution in [0.2, 0.25) is 0 Å². The first-order valence-corrected chi connectivity index (χ1v) is 7.27. The Hall–Kier alpha value is -0.960. The first-order chi connectivity index (χ1) is 9.08. The van der Waals surface area contributed by atoms with Gasteiger partial charge in [0.05, 0.1) is 5.41 Å². The van der Waals surface area contributed by atoms with E-state index in [4.69, 9.17) is 0 Å². The zero-order valence-corrected chi connectivity index (χ0v) is 11.0. The van der Waals surface area contributed by atoms with Gasteiger partial charge in [0, 0.05) is 26.1 Å². The minimum absolute atomic E-state index is 0.108. The lowest BCUT2D eigenvalue weighted by Crippen LogP contribution is -2.50. The molecule has 2 saturated carbocycles. The summed E-state index contributed by atoms with van der Waals surface area (Å²) in [7, 11) is 0. The van der Waals surface area contributed by atoms with Gasteiger partial charge in [0.25, 0.3) is 5.92 Å². The molecule has 1 aliphatic heterocycles. The van der Waals surface area contributed by atoms with Crippen LogP contribution in [0.4, 0.5) is 8.78 Å². The first kappa shape index (κ1) is 11.8. The molecule has 3 fully saturated rings. The fourth-order valence-corrected chi connectivity index (χ4v) is 3.54. The van der Waals surface area contributed by atoms with Gasteiger partial charge in [-0.3, -0.25) is 4.90 Å². The zero-order valence-electron chi connectivity index (χ0n) is 11.0. The van der Waals surface area contributed by atoms with Crippen LogP contribution in [0.15, 0.2) is 24.3 Å². The summed E-state index contributed by atoms with van der Waals surface area (Å²) in [4.78, 5) is 2.14. The van der Waals surface area contributed by atoms with Gasteiger partial charge in [-0.05, 0) is 29.9 Å². The molecule has 2 aliphatic carbocycles. The van der Waals surface area contributed by atoms with Gasteiger partial charge >= 0.3 is 0 Å². The van der Waals surface area contributed by atoms with E-state index >= 15 is 0 Å². The van der Waals surface area contributed by atoms with Crippen LogP contribution in [0.5, 0.6) is 0 Å². The Kier molecular flexibility index (Phi) is 2.36. The summed E-state index contributed by atoms with van der Waals surface area (Å²) in [5.74, 6) is -1.61. The molecule has 1 spiro atoms. The molecule has 102 valence electrons. The Morgan fingerprint density at radius 2 is 1.74 bits per heavy atom. The average Bonchev–Trinajstić information content (AvgIpc) is 2.81. The Balaban J connectivity index is 1.34. The van der Waals surface area contributed by atoms with E-state index < -0.39 is 11.3 Å². The van der Waals surface area contributed by atoms with Crippen molar-refractivity contribution in [1.82, 2.24) is 4.90 Å². The number of rotatable bonds is 3. The fraction of sp³-hybridized carbons (Fsp3) is 0.625. The van der Waals surface area contributed by atoms with E-state index in [0.29, 0.717) is 13.1 Å². The lowest BCUT2D eigenvalue weighted by molar-refractivity contribution is -0.0279. The van der Waals surface area contributed by atoms with Crippen LogP contribution in [0, 0.1) is 5.41 Å². The second-order valence-electron chi connectivity index (χ2n) is 6.68. The third-order valence-electron chi connectivity index (χ3n) is 5.23. The SMILES string of the molecule is FC1(F)CC12CN(Cc1ccc(C3CCC3)cc1)C2. The van der Waals surface area contributed by atoms with Crippen LogP contribution >= 0.6 is 0 Å². The molecule has 0 amide bonds. The standard InChI is InChI=1S/C16H19F2N/c17-16(18)9-15(16)10-19(11-15)8-12-4-6-14(7-5-12)13-2-1-3-13/h4-7,13H,1-3,8-11H2. The highest BCUT2D eigenvalue weighted by molar-refractivity contribution is 5.27. The number of nitrogens with zero attached hydrogens (tertiary/aromatic N) is 1. The molecular formula is C16H19F2N. The van der Waals surface area contributed by atoms with E-state index in [1.54, 1.807) is 0 Å². The fourth-order valence-electron chi connectivity index (χ4n) is 3.54. The number of benzene rings is 1. The maximum absolute atomic E-state index is 13.1. The minimum atomic E-state index is -2.38. The molecule has 0 aromatic heterocycles. The average molecular weight is 263 g/mol. The molecule has 1 nitrogen and oxygen atoms in total. The largest absolute Gasteiger partial charge is 0.297 e. The number of halogens is 2. The first-order valence-electron chi connectivity index (χ1n) is 7.27. The molecular weight excluding hydrogens is 244 g/mol. The van der Waals surface area contributed by atoms with Gasteiger partial charge in [-0.1, -0.05) is 30.7 Å². The lowest BCUT2D eigenvalue weighted by atomic mass is 9.80. The van der Waals surface area contributed by atoms with E-state index in [2.05, 4.69) is 29.2 Å². The quantitative estimate of drug-likeness (QED) is 0.802. The van der Waals surface area contributed by atoms with Crippen molar-refractivity contribution in [1.29, 1.82) is 0 Å². The van der Waals surface area contributed by atoms with Crippen molar-refractivity contribution in [3.63, 3.8) is 0 Å². The summed E-state index contributed by atoms with van der Waals surface area (Å²) in [6.45, 7) is 1.97. The molecule has 1 aromatic carbocycles. The normalized spacial score (nSPS) is 27.9. The molecule has 3 heteroatoms. The van der Waals surface area contributed by atoms with E-state index in [9.17, 15) is 8.78 Å². The monoisotopic (exact) mass is 263 g/mol. The van der Waals surface area contributed by atoms with Crippen molar-refractivity contribution >= 4 is 0 Å². The molecule has 0 atom stereocenters. The molecule has 19 heavy (non-hydrogen) atoms. The van der Waals surface area contributed by atoms with Crippen molar-refractivity contribution in [2.24, 2.45) is 5.41 Å². The molecule has 0 unspecified atom stereocenters. The molecule has 4 rings (SSSR count). The Labute approximate surface area is 112 Å². The summed E-state index contributed by atoms with van der Waals surface area (Å²) in [5, 5.41) is 0. The number of hydrogen-bond donors (Lipinski definition) is 0. The van der Waals surface area contributed by atoms with Crippen LogP contribution in [0.3, 0.4) is 0 Å². The Morgan fingerprint density at radius 3 is 2.21 bits per heavy atom. The Bertz CT molecular complexity index is 484. The molecule has 1 heterocycles. The predicted octanol–water partition coefficient (Wildman–Crippen LogP) is 3.80. The van der Waals surface area contributed by atoms with E-state index in [0.717, 1.165) is 12.5 Å². The number of likely N-dealkylation sites (tertiary alicyclic amines) is 1. The van der Waals surface area contributed by atoms with E-state index in [1.165, 1.54) is 30.4 Å². The highest BCUT2D eigenvalue weighted by atomic mass is 19.3. The Morgan fingerprint density at radius 1 is 1.11 bits per heavy atom. The topological polar surface area (TPSA) is 3.24 Å².